The minimum Gasteiger partial charge on any atom is -0.394 e. The van der Waals surface area contributed by atoms with E-state index in [1.54, 1.807) is 0 Å². The molecule has 324 valence electrons. The normalized spacial score (nSPS) is 54.8. The van der Waals surface area contributed by atoms with Crippen LogP contribution in [0.5, 0.6) is 0 Å². The second-order valence-corrected chi connectivity index (χ2v) is 20.8. The Morgan fingerprint density at radius 3 is 1.91 bits per heavy atom. The minimum absolute atomic E-state index is 0.0311. The highest BCUT2D eigenvalue weighted by Gasteiger charge is 2.85. The third-order valence-electron chi connectivity index (χ3n) is 17.7. The van der Waals surface area contributed by atoms with Crippen LogP contribution in [0.3, 0.4) is 0 Å². The average molecular weight is 801 g/mol. The Kier molecular flexibility index (Phi) is 11.7. The molecule has 0 bridgehead atoms. The molecule has 0 aromatic carbocycles. The highest BCUT2D eigenvalue weighted by atomic mass is 16.7. The number of hydrogen-bond acceptors (Lipinski definition) is 14. The second kappa shape index (κ2) is 15.1. The molecule has 10 N–H and O–H groups in total. The molecule has 7 aliphatic rings. The molecular formula is C42H72O14. The number of hydrogen-bond donors (Lipinski definition) is 10. The number of aliphatic hydroxyl groups excluding tert-OH is 10. The average Bonchev–Trinajstić information content (AvgIpc) is 3.78. The summed E-state index contributed by atoms with van der Waals surface area (Å²) < 4.78 is 23.9. The predicted molar refractivity (Wildman–Crippen MR) is 200 cm³/mol. The van der Waals surface area contributed by atoms with E-state index in [0.717, 1.165) is 32.1 Å². The Labute approximate surface area is 331 Å². The summed E-state index contributed by atoms with van der Waals surface area (Å²) in [6.07, 6.45) is -9.94. The summed E-state index contributed by atoms with van der Waals surface area (Å²) in [6, 6.07) is 0. The Balaban J connectivity index is 1.08. The summed E-state index contributed by atoms with van der Waals surface area (Å²) in [5.41, 5.74) is -1.23. The van der Waals surface area contributed by atoms with Crippen LogP contribution in [0, 0.1) is 56.7 Å². The van der Waals surface area contributed by atoms with E-state index in [1.807, 2.05) is 13.8 Å². The van der Waals surface area contributed by atoms with Crippen LogP contribution in [0.1, 0.15) is 106 Å². The number of rotatable bonds is 11. The van der Waals surface area contributed by atoms with E-state index in [1.165, 1.54) is 0 Å². The van der Waals surface area contributed by atoms with Crippen molar-refractivity contribution in [1.29, 1.82) is 0 Å². The smallest absolute Gasteiger partial charge is 0.187 e. The molecule has 0 radical (unpaired) electrons. The summed E-state index contributed by atoms with van der Waals surface area (Å²) in [5.74, 6) is 0.849. The Bertz CT molecular complexity index is 1400. The van der Waals surface area contributed by atoms with E-state index < -0.39 is 98.4 Å². The number of aliphatic hydroxyl groups is 10. The van der Waals surface area contributed by atoms with Gasteiger partial charge in [0.2, 0.25) is 0 Å². The third kappa shape index (κ3) is 6.24. The van der Waals surface area contributed by atoms with Gasteiger partial charge in [0.25, 0.3) is 0 Å². The van der Waals surface area contributed by atoms with Gasteiger partial charge in [-0.2, -0.15) is 0 Å². The van der Waals surface area contributed by atoms with Crippen molar-refractivity contribution in [2.45, 2.75) is 192 Å². The highest BCUT2D eigenvalue weighted by Crippen LogP contribution is 2.89. The maximum Gasteiger partial charge on any atom is 0.187 e. The van der Waals surface area contributed by atoms with Crippen LogP contribution in [-0.2, 0) is 18.9 Å². The van der Waals surface area contributed by atoms with Crippen molar-refractivity contribution in [2.75, 3.05) is 13.2 Å². The fourth-order valence-electron chi connectivity index (χ4n) is 14.5. The summed E-state index contributed by atoms with van der Waals surface area (Å²) in [5, 5.41) is 108. The predicted octanol–water partition coefficient (Wildman–Crippen LogP) is 0.810. The molecule has 12 unspecified atom stereocenters. The summed E-state index contributed by atoms with van der Waals surface area (Å²) in [6.45, 7) is 14.0. The van der Waals surface area contributed by atoms with Gasteiger partial charge in [-0.05, 0) is 109 Å². The zero-order valence-corrected chi connectivity index (χ0v) is 34.4. The minimum atomic E-state index is -1.77. The van der Waals surface area contributed by atoms with E-state index in [9.17, 15) is 51.1 Å². The van der Waals surface area contributed by atoms with Gasteiger partial charge in [-0.3, -0.25) is 0 Å². The Morgan fingerprint density at radius 2 is 1.29 bits per heavy atom. The lowest BCUT2D eigenvalue weighted by atomic mass is 9.41. The molecule has 7 fully saturated rings. The van der Waals surface area contributed by atoms with Gasteiger partial charge in [0.05, 0.1) is 37.6 Å². The molecule has 2 aliphatic heterocycles. The molecule has 5 saturated carbocycles. The summed E-state index contributed by atoms with van der Waals surface area (Å²) in [7, 11) is 0. The molecule has 2 heterocycles. The Morgan fingerprint density at radius 1 is 0.679 bits per heavy atom. The number of ether oxygens (including phenoxy) is 4. The van der Waals surface area contributed by atoms with Crippen LogP contribution in [0.4, 0.5) is 0 Å². The van der Waals surface area contributed by atoms with Gasteiger partial charge in [-0.1, -0.05) is 48.5 Å². The van der Waals surface area contributed by atoms with Gasteiger partial charge in [-0.25, -0.2) is 0 Å². The van der Waals surface area contributed by atoms with Gasteiger partial charge in [0, 0.05) is 5.41 Å². The van der Waals surface area contributed by atoms with Crippen molar-refractivity contribution < 1.29 is 70.0 Å². The van der Waals surface area contributed by atoms with Crippen molar-refractivity contribution in [3.05, 3.63) is 0 Å². The van der Waals surface area contributed by atoms with Gasteiger partial charge >= 0.3 is 0 Å². The molecule has 14 nitrogen and oxygen atoms in total. The maximum atomic E-state index is 12.5. The van der Waals surface area contributed by atoms with Crippen molar-refractivity contribution in [1.82, 2.24) is 0 Å². The molecule has 56 heavy (non-hydrogen) atoms. The van der Waals surface area contributed by atoms with Crippen molar-refractivity contribution in [3.8, 4) is 0 Å². The lowest BCUT2D eigenvalue weighted by Crippen LogP contribution is -2.65. The summed E-state index contributed by atoms with van der Waals surface area (Å²) >= 11 is 0. The molecule has 14 heteroatoms. The second-order valence-electron chi connectivity index (χ2n) is 20.8. The highest BCUT2D eigenvalue weighted by molar-refractivity contribution is 5.33. The first-order chi connectivity index (χ1) is 26.2. The van der Waals surface area contributed by atoms with Gasteiger partial charge < -0.3 is 70.0 Å². The van der Waals surface area contributed by atoms with Crippen LogP contribution in [0.25, 0.3) is 0 Å². The van der Waals surface area contributed by atoms with E-state index in [-0.39, 0.29) is 57.4 Å². The van der Waals surface area contributed by atoms with Crippen LogP contribution < -0.4 is 0 Å². The Hall–Kier alpha value is -0.560. The van der Waals surface area contributed by atoms with Crippen LogP contribution >= 0.6 is 0 Å². The first-order valence-corrected chi connectivity index (χ1v) is 21.4. The third-order valence-corrected chi connectivity index (χ3v) is 17.7. The molecule has 0 aromatic rings. The van der Waals surface area contributed by atoms with E-state index in [2.05, 4.69) is 34.6 Å². The first-order valence-electron chi connectivity index (χ1n) is 21.4. The van der Waals surface area contributed by atoms with Crippen LogP contribution in [0.15, 0.2) is 0 Å². The fraction of sp³-hybridized carbons (Fsp3) is 1.00. The quantitative estimate of drug-likeness (QED) is 0.130. The van der Waals surface area contributed by atoms with Crippen LogP contribution in [-0.4, -0.2) is 150 Å². The molecule has 2 saturated heterocycles. The van der Waals surface area contributed by atoms with Crippen molar-refractivity contribution in [2.24, 2.45) is 56.7 Å². The number of fused-ring (bicyclic) bond motifs is 2. The molecule has 2 spiro atoms. The first kappa shape index (κ1) is 43.5. The van der Waals surface area contributed by atoms with Gasteiger partial charge in [0.1, 0.15) is 48.8 Å². The van der Waals surface area contributed by atoms with Gasteiger partial charge in [-0.15, -0.1) is 0 Å². The topological polar surface area (TPSA) is 239 Å². The zero-order valence-electron chi connectivity index (χ0n) is 34.4. The van der Waals surface area contributed by atoms with E-state index >= 15 is 0 Å². The molecule has 5 aliphatic carbocycles. The standard InChI is InChI=1S/C42H72O14/c1-19(2)21(45)9-8-20(3)29-22(46)14-39(6)26-11-10-25-38(4,5)28(12-13-41(25)18-42(26,41)27(47)15-40(29,39)7)55-37-34(52)35(31(49)24(17-44)54-37)56-36-33(51)32(50)30(48)23(16-43)53-36/h19-37,43-52H,8-18H2,1-7H3/t20?,21?,22?,23-,24-,25?,26?,27?,28?,29?,30-,31-,32+,33-,34-,35+,36+,37+,39?,40?,41?,42?/m1/s1. The molecule has 0 aromatic heterocycles. The lowest BCUT2D eigenvalue weighted by Gasteiger charge is -2.64. The largest absolute Gasteiger partial charge is 0.394 e. The molecule has 7 rings (SSSR count). The van der Waals surface area contributed by atoms with E-state index in [4.69, 9.17) is 18.9 Å². The lowest BCUT2D eigenvalue weighted by molar-refractivity contribution is -0.368. The molecular weight excluding hydrogens is 728 g/mol. The van der Waals surface area contributed by atoms with Crippen LogP contribution in [0.2, 0.25) is 0 Å². The monoisotopic (exact) mass is 800 g/mol. The van der Waals surface area contributed by atoms with Crippen molar-refractivity contribution in [3.63, 3.8) is 0 Å². The maximum absolute atomic E-state index is 12.5. The van der Waals surface area contributed by atoms with Gasteiger partial charge in [0.15, 0.2) is 12.6 Å². The zero-order chi connectivity index (χ0) is 41.1. The molecule has 0 amide bonds. The van der Waals surface area contributed by atoms with Crippen molar-refractivity contribution >= 4 is 0 Å². The SMILES string of the molecule is CC(C)C(O)CCC(C)C1C(O)CC2(C)C3CCC4C(C)(C)C(O[C@@H]5O[C@H](CO)[C@@H](O)[C@H](O[C@@H]6O[C@H](CO)[C@@H](O)[C@H](O)[C@H]6O)[C@H]5O)CCC45CC35C(O)CC12C. The molecule has 22 atom stereocenters. The van der Waals surface area contributed by atoms with E-state index in [0.29, 0.717) is 25.7 Å². The fourth-order valence-corrected chi connectivity index (χ4v) is 14.5. The summed E-state index contributed by atoms with van der Waals surface area (Å²) in [4.78, 5) is 0.